The number of benzene rings is 1. The molecule has 1 amide bonds. The highest BCUT2D eigenvalue weighted by atomic mass is 32.2. The minimum atomic E-state index is -3.17. The molecule has 0 aliphatic heterocycles. The van der Waals surface area contributed by atoms with Crippen molar-refractivity contribution in [3.05, 3.63) is 65.5 Å². The second-order valence-corrected chi connectivity index (χ2v) is 8.20. The van der Waals surface area contributed by atoms with Gasteiger partial charge in [0.15, 0.2) is 0 Å². The second kappa shape index (κ2) is 8.06. The van der Waals surface area contributed by atoms with Gasteiger partial charge in [-0.25, -0.2) is 8.42 Å². The number of amides is 1. The first-order valence-electron chi connectivity index (χ1n) is 7.74. The summed E-state index contributed by atoms with van der Waals surface area (Å²) in [5, 5.41) is 0. The van der Waals surface area contributed by atoms with Gasteiger partial charge in [0.1, 0.15) is 9.84 Å². The number of hydrogen-bond donors (Lipinski definition) is 0. The normalized spacial score (nSPS) is 11.2. The zero-order chi connectivity index (χ0) is 17.6. The van der Waals surface area contributed by atoms with E-state index >= 15 is 0 Å². The van der Waals surface area contributed by atoms with E-state index in [-0.39, 0.29) is 18.1 Å². The summed E-state index contributed by atoms with van der Waals surface area (Å²) in [5.41, 5.74) is 2.91. The molecule has 0 atom stereocenters. The number of carbonyl (C=O) groups excluding carboxylic acids is 1. The minimum absolute atomic E-state index is 0.0164. The summed E-state index contributed by atoms with van der Waals surface area (Å²) in [6, 6.07) is 13.5. The third kappa shape index (κ3) is 6.12. The summed E-state index contributed by atoms with van der Waals surface area (Å²) in [6.45, 7) is 2.79. The van der Waals surface area contributed by atoms with Gasteiger partial charge in [-0.2, -0.15) is 0 Å². The van der Waals surface area contributed by atoms with Crippen LogP contribution >= 0.6 is 0 Å². The Bertz CT molecular complexity index is 789. The zero-order valence-corrected chi connectivity index (χ0v) is 14.8. The van der Waals surface area contributed by atoms with Gasteiger partial charge in [0, 0.05) is 25.4 Å². The van der Waals surface area contributed by atoms with Crippen LogP contribution in [-0.2, 0) is 27.7 Å². The summed E-state index contributed by atoms with van der Waals surface area (Å²) in [4.78, 5) is 18.4. The molecule has 1 heterocycles. The third-order valence-electron chi connectivity index (χ3n) is 3.57. The Morgan fingerprint density at radius 3 is 2.54 bits per heavy atom. The Morgan fingerprint density at radius 1 is 1.12 bits per heavy atom. The van der Waals surface area contributed by atoms with Crippen LogP contribution in [-0.4, -0.2) is 36.2 Å². The minimum Gasteiger partial charge on any atom is -0.332 e. The van der Waals surface area contributed by atoms with Crippen molar-refractivity contribution in [2.24, 2.45) is 0 Å². The first kappa shape index (κ1) is 18.1. The summed E-state index contributed by atoms with van der Waals surface area (Å²) in [5.74, 6) is -0.328. The maximum absolute atomic E-state index is 12.5. The Kier molecular flexibility index (Phi) is 6.09. The first-order chi connectivity index (χ1) is 11.3. The Morgan fingerprint density at radius 2 is 1.92 bits per heavy atom. The molecule has 0 fully saturated rings. The molecule has 0 bridgehead atoms. The van der Waals surface area contributed by atoms with Gasteiger partial charge in [-0.05, 0) is 24.6 Å². The van der Waals surface area contributed by atoms with Crippen LogP contribution in [0.25, 0.3) is 0 Å². The van der Waals surface area contributed by atoms with Gasteiger partial charge in [0.05, 0.1) is 18.0 Å². The quantitative estimate of drug-likeness (QED) is 0.772. The number of carbonyl (C=O) groups is 1. The fourth-order valence-corrected chi connectivity index (χ4v) is 2.93. The van der Waals surface area contributed by atoms with Crippen LogP contribution in [0.2, 0.25) is 0 Å². The molecule has 1 aromatic heterocycles. The lowest BCUT2D eigenvalue weighted by atomic mass is 10.1. The Hall–Kier alpha value is -2.21. The van der Waals surface area contributed by atoms with Crippen molar-refractivity contribution in [3.63, 3.8) is 0 Å². The molecule has 1 aromatic carbocycles. The van der Waals surface area contributed by atoms with Gasteiger partial charge in [-0.15, -0.1) is 0 Å². The smallest absolute Gasteiger partial charge is 0.224 e. The lowest BCUT2D eigenvalue weighted by Crippen LogP contribution is -2.31. The van der Waals surface area contributed by atoms with Crippen molar-refractivity contribution in [2.45, 2.75) is 26.4 Å². The molecule has 6 heteroatoms. The average molecular weight is 346 g/mol. The summed E-state index contributed by atoms with van der Waals surface area (Å²) >= 11 is 0. The topological polar surface area (TPSA) is 67.3 Å². The Labute approximate surface area is 143 Å². The Balaban J connectivity index is 2.15. The van der Waals surface area contributed by atoms with Crippen molar-refractivity contribution in [1.82, 2.24) is 9.88 Å². The molecule has 0 saturated carbocycles. The highest BCUT2D eigenvalue weighted by Gasteiger charge is 2.17. The molecule has 2 aromatic rings. The van der Waals surface area contributed by atoms with Crippen molar-refractivity contribution in [1.29, 1.82) is 0 Å². The van der Waals surface area contributed by atoms with Gasteiger partial charge >= 0.3 is 0 Å². The van der Waals surface area contributed by atoms with Crippen LogP contribution in [0.1, 0.15) is 23.2 Å². The van der Waals surface area contributed by atoms with Crippen molar-refractivity contribution < 1.29 is 13.2 Å². The molecular formula is C18H22N2O3S. The number of sulfone groups is 1. The number of aromatic nitrogens is 1. The number of aryl methyl sites for hydroxylation is 1. The van der Waals surface area contributed by atoms with E-state index in [2.05, 4.69) is 4.98 Å². The predicted octanol–water partition coefficient (Wildman–Crippen LogP) is 2.35. The molecule has 5 nitrogen and oxygen atoms in total. The highest BCUT2D eigenvalue weighted by Crippen LogP contribution is 2.12. The van der Waals surface area contributed by atoms with E-state index in [1.165, 1.54) is 0 Å². The van der Waals surface area contributed by atoms with Crippen molar-refractivity contribution >= 4 is 15.7 Å². The first-order valence-corrected chi connectivity index (χ1v) is 9.80. The van der Waals surface area contributed by atoms with Gasteiger partial charge in [0.2, 0.25) is 5.91 Å². The van der Waals surface area contributed by atoms with E-state index in [1.54, 1.807) is 11.1 Å². The molecule has 24 heavy (non-hydrogen) atoms. The maximum atomic E-state index is 12.5. The van der Waals surface area contributed by atoms with Crippen molar-refractivity contribution in [2.75, 3.05) is 12.0 Å². The monoisotopic (exact) mass is 346 g/mol. The van der Waals surface area contributed by atoms with Crippen LogP contribution in [0.4, 0.5) is 0 Å². The molecule has 0 N–H and O–H groups in total. The number of rotatable bonds is 7. The third-order valence-corrected chi connectivity index (χ3v) is 4.52. The molecule has 0 aliphatic carbocycles. The lowest BCUT2D eigenvalue weighted by Gasteiger charge is -2.23. The fraction of sp³-hybridized carbons (Fsp3) is 0.333. The fourth-order valence-electron chi connectivity index (χ4n) is 2.38. The molecule has 0 unspecified atom stereocenters. The maximum Gasteiger partial charge on any atom is 0.224 e. The number of pyridine rings is 1. The molecule has 0 aliphatic rings. The summed E-state index contributed by atoms with van der Waals surface area (Å²) in [6.07, 6.45) is 2.81. The van der Waals surface area contributed by atoms with Crippen LogP contribution in [0.5, 0.6) is 0 Å². The molecule has 128 valence electrons. The molecular weight excluding hydrogens is 324 g/mol. The van der Waals surface area contributed by atoms with E-state index in [9.17, 15) is 13.2 Å². The van der Waals surface area contributed by atoms with Crippen LogP contribution in [0.15, 0.2) is 48.7 Å². The lowest BCUT2D eigenvalue weighted by molar-refractivity contribution is -0.132. The highest BCUT2D eigenvalue weighted by molar-refractivity contribution is 7.90. The number of nitrogens with zero attached hydrogens (tertiary/aromatic N) is 2. The molecule has 0 radical (unpaired) electrons. The van der Waals surface area contributed by atoms with E-state index in [4.69, 9.17) is 0 Å². The SMILES string of the molecule is Cc1cccc(CN(Cc2ccccn2)C(=O)CCS(C)(=O)=O)c1. The molecule has 0 saturated heterocycles. The molecule has 0 spiro atoms. The van der Waals surface area contributed by atoms with Crippen molar-refractivity contribution in [3.8, 4) is 0 Å². The van der Waals surface area contributed by atoms with E-state index in [1.807, 2.05) is 49.4 Å². The van der Waals surface area contributed by atoms with E-state index < -0.39 is 9.84 Å². The van der Waals surface area contributed by atoms with Gasteiger partial charge in [-0.1, -0.05) is 35.9 Å². The largest absolute Gasteiger partial charge is 0.332 e. The predicted molar refractivity (Wildman–Crippen MR) is 94.0 cm³/mol. The number of hydrogen-bond acceptors (Lipinski definition) is 4. The summed E-state index contributed by atoms with van der Waals surface area (Å²) in [7, 11) is -3.17. The van der Waals surface area contributed by atoms with Gasteiger partial charge < -0.3 is 4.90 Å². The molecule has 2 rings (SSSR count). The van der Waals surface area contributed by atoms with Gasteiger partial charge in [0.25, 0.3) is 0 Å². The van der Waals surface area contributed by atoms with E-state index in [0.29, 0.717) is 13.1 Å². The van der Waals surface area contributed by atoms with Crippen LogP contribution in [0.3, 0.4) is 0 Å². The van der Waals surface area contributed by atoms with Crippen LogP contribution < -0.4 is 0 Å². The standard InChI is InChI=1S/C18H22N2O3S/c1-15-6-5-7-16(12-15)13-20(14-17-8-3-4-10-19-17)18(21)9-11-24(2,22)23/h3-8,10,12H,9,11,13-14H2,1-2H3. The summed E-state index contributed by atoms with van der Waals surface area (Å²) < 4.78 is 22.7. The van der Waals surface area contributed by atoms with Crippen LogP contribution in [0, 0.1) is 6.92 Å². The van der Waals surface area contributed by atoms with Gasteiger partial charge in [-0.3, -0.25) is 9.78 Å². The second-order valence-electron chi connectivity index (χ2n) is 5.94. The zero-order valence-electron chi connectivity index (χ0n) is 14.0. The van der Waals surface area contributed by atoms with E-state index in [0.717, 1.165) is 23.1 Å². The average Bonchev–Trinajstić information content (AvgIpc) is 2.52.